The number of nitrogens with zero attached hydrogens (tertiary/aromatic N) is 1. The Balaban J connectivity index is 1.36. The van der Waals surface area contributed by atoms with Gasteiger partial charge in [-0.05, 0) is 42.4 Å². The molecule has 1 amide bonds. The minimum Gasteiger partial charge on any atom is -0.478 e. The van der Waals surface area contributed by atoms with Gasteiger partial charge in [0.15, 0.2) is 0 Å². The molecule has 0 spiro atoms. The maximum absolute atomic E-state index is 12.1. The largest absolute Gasteiger partial charge is 0.478 e. The molecule has 124 valence electrons. The van der Waals surface area contributed by atoms with Gasteiger partial charge in [-0.1, -0.05) is 24.2 Å². The average molecular weight is 326 g/mol. The smallest absolute Gasteiger partial charge is 0.335 e. The number of aromatic nitrogens is 1. The van der Waals surface area contributed by atoms with Crippen LogP contribution in [0.3, 0.4) is 0 Å². The third-order valence-electron chi connectivity index (χ3n) is 5.18. The van der Waals surface area contributed by atoms with Crippen LogP contribution in [0.5, 0.6) is 0 Å². The second-order valence-corrected chi connectivity index (χ2v) is 7.42. The number of benzene rings is 1. The van der Waals surface area contributed by atoms with Crippen LogP contribution in [-0.4, -0.2) is 22.1 Å². The number of hydrogen-bond acceptors (Lipinski definition) is 4. The molecule has 0 aliphatic heterocycles. The molecule has 0 unspecified atom stereocenters. The third kappa shape index (κ3) is 2.38. The molecule has 3 fully saturated rings. The highest BCUT2D eigenvalue weighted by Gasteiger charge is 2.66. The Bertz CT molecular complexity index is 802. The van der Waals surface area contributed by atoms with E-state index in [2.05, 4.69) is 17.4 Å². The predicted octanol–water partition coefficient (Wildman–Crippen LogP) is 3.00. The molecule has 3 aliphatic rings. The molecule has 1 heterocycles. The standard InChI is InChI=1S/C18H18N2O4/c1-17-8-18(9-17,10-17)13-7-15(24-20-13)19-14(21)6-11-2-4-12(5-3-11)16(22)23/h2-5,7H,6,8-10H2,1H3,(H,19,21)(H,22,23). The first kappa shape index (κ1) is 14.9. The molecular weight excluding hydrogens is 308 g/mol. The molecule has 1 aromatic carbocycles. The summed E-state index contributed by atoms with van der Waals surface area (Å²) in [5, 5.41) is 15.7. The van der Waals surface area contributed by atoms with Crippen LogP contribution in [0.15, 0.2) is 34.9 Å². The zero-order valence-corrected chi connectivity index (χ0v) is 13.3. The number of anilines is 1. The monoisotopic (exact) mass is 326 g/mol. The van der Waals surface area contributed by atoms with Gasteiger partial charge in [-0.15, -0.1) is 0 Å². The van der Waals surface area contributed by atoms with Crippen molar-refractivity contribution in [3.8, 4) is 0 Å². The molecule has 6 heteroatoms. The van der Waals surface area contributed by atoms with Gasteiger partial charge < -0.3 is 9.63 Å². The molecule has 1 aromatic heterocycles. The fourth-order valence-corrected chi connectivity index (χ4v) is 4.28. The Morgan fingerprint density at radius 3 is 2.50 bits per heavy atom. The number of carboxylic acids is 1. The molecule has 6 nitrogen and oxygen atoms in total. The molecule has 0 radical (unpaired) electrons. The molecule has 24 heavy (non-hydrogen) atoms. The first-order valence-corrected chi connectivity index (χ1v) is 7.97. The zero-order chi connectivity index (χ0) is 16.9. The lowest BCUT2D eigenvalue weighted by Gasteiger charge is -2.68. The van der Waals surface area contributed by atoms with E-state index in [9.17, 15) is 9.59 Å². The van der Waals surface area contributed by atoms with Crippen molar-refractivity contribution < 1.29 is 19.2 Å². The van der Waals surface area contributed by atoms with Gasteiger partial charge in [0.1, 0.15) is 0 Å². The van der Waals surface area contributed by atoms with Gasteiger partial charge in [0, 0.05) is 11.5 Å². The fraction of sp³-hybridized carbons (Fsp3) is 0.389. The first-order valence-electron chi connectivity index (χ1n) is 7.97. The molecule has 5 rings (SSSR count). The topological polar surface area (TPSA) is 92.4 Å². The van der Waals surface area contributed by atoms with Crippen molar-refractivity contribution in [1.82, 2.24) is 5.16 Å². The molecule has 3 aliphatic carbocycles. The van der Waals surface area contributed by atoms with Crippen LogP contribution < -0.4 is 5.32 Å². The normalized spacial score (nSPS) is 27.0. The van der Waals surface area contributed by atoms with Crippen molar-refractivity contribution in [1.29, 1.82) is 0 Å². The van der Waals surface area contributed by atoms with E-state index in [1.54, 1.807) is 12.1 Å². The molecule has 0 saturated heterocycles. The summed E-state index contributed by atoms with van der Waals surface area (Å²) >= 11 is 0. The van der Waals surface area contributed by atoms with Crippen LogP contribution in [0, 0.1) is 5.41 Å². The fourth-order valence-electron chi connectivity index (χ4n) is 4.28. The zero-order valence-electron chi connectivity index (χ0n) is 13.3. The quantitative estimate of drug-likeness (QED) is 0.881. The van der Waals surface area contributed by atoms with Gasteiger partial charge in [-0.3, -0.25) is 10.1 Å². The number of amides is 1. The highest BCUT2D eigenvalue weighted by molar-refractivity contribution is 5.91. The van der Waals surface area contributed by atoms with Crippen LogP contribution in [0.4, 0.5) is 5.88 Å². The van der Waals surface area contributed by atoms with Crippen molar-refractivity contribution in [2.75, 3.05) is 5.32 Å². The molecular formula is C18H18N2O4. The summed E-state index contributed by atoms with van der Waals surface area (Å²) in [5.74, 6) is -0.833. The summed E-state index contributed by atoms with van der Waals surface area (Å²) in [6, 6.07) is 8.07. The first-order chi connectivity index (χ1) is 11.4. The van der Waals surface area contributed by atoms with Gasteiger partial charge in [-0.25, -0.2) is 4.79 Å². The molecule has 2 aromatic rings. The number of carbonyl (C=O) groups excluding carboxylic acids is 1. The van der Waals surface area contributed by atoms with Crippen LogP contribution in [-0.2, 0) is 16.6 Å². The third-order valence-corrected chi connectivity index (χ3v) is 5.18. The maximum Gasteiger partial charge on any atom is 0.335 e. The summed E-state index contributed by atoms with van der Waals surface area (Å²) < 4.78 is 5.24. The van der Waals surface area contributed by atoms with Crippen molar-refractivity contribution in [2.24, 2.45) is 5.41 Å². The SMILES string of the molecule is CC12CC(c3cc(NC(=O)Cc4ccc(C(=O)O)cc4)on3)(C1)C2. The predicted molar refractivity (Wildman–Crippen MR) is 85.9 cm³/mol. The number of aromatic carboxylic acids is 1. The van der Waals surface area contributed by atoms with Crippen molar-refractivity contribution in [2.45, 2.75) is 38.0 Å². The summed E-state index contributed by atoms with van der Waals surface area (Å²) in [4.78, 5) is 22.9. The van der Waals surface area contributed by atoms with Gasteiger partial charge in [-0.2, -0.15) is 0 Å². The van der Waals surface area contributed by atoms with E-state index in [0.717, 1.165) is 30.5 Å². The Labute approximate surface area is 138 Å². The van der Waals surface area contributed by atoms with E-state index in [0.29, 0.717) is 11.3 Å². The van der Waals surface area contributed by atoms with Gasteiger partial charge >= 0.3 is 5.97 Å². The Kier molecular flexibility index (Phi) is 3.07. The van der Waals surface area contributed by atoms with E-state index in [-0.39, 0.29) is 23.3 Å². The molecule has 2 N–H and O–H groups in total. The summed E-state index contributed by atoms with van der Waals surface area (Å²) in [6.45, 7) is 2.28. The van der Waals surface area contributed by atoms with E-state index >= 15 is 0 Å². The Morgan fingerprint density at radius 1 is 1.25 bits per heavy atom. The van der Waals surface area contributed by atoms with Crippen LogP contribution >= 0.6 is 0 Å². The van der Waals surface area contributed by atoms with E-state index in [1.165, 1.54) is 12.1 Å². The van der Waals surface area contributed by atoms with Gasteiger partial charge in [0.05, 0.1) is 17.7 Å². The average Bonchev–Trinajstić information content (AvgIpc) is 2.91. The molecule has 0 atom stereocenters. The van der Waals surface area contributed by atoms with Gasteiger partial charge in [0.2, 0.25) is 11.8 Å². The Morgan fingerprint density at radius 2 is 1.92 bits per heavy atom. The van der Waals surface area contributed by atoms with E-state index < -0.39 is 5.97 Å². The molecule has 3 saturated carbocycles. The van der Waals surface area contributed by atoms with Crippen molar-refractivity contribution >= 4 is 17.8 Å². The lowest BCUT2D eigenvalue weighted by atomic mass is 9.35. The van der Waals surface area contributed by atoms with Crippen molar-refractivity contribution in [3.05, 3.63) is 47.2 Å². The molecule has 2 bridgehead atoms. The van der Waals surface area contributed by atoms with Gasteiger partial charge in [0.25, 0.3) is 0 Å². The maximum atomic E-state index is 12.1. The second-order valence-electron chi connectivity index (χ2n) is 7.42. The highest BCUT2D eigenvalue weighted by Crippen LogP contribution is 2.73. The number of rotatable bonds is 5. The van der Waals surface area contributed by atoms with Crippen molar-refractivity contribution in [3.63, 3.8) is 0 Å². The summed E-state index contributed by atoms with van der Waals surface area (Å²) in [5.41, 5.74) is 2.54. The Hall–Kier alpha value is -2.63. The van der Waals surface area contributed by atoms with Crippen LogP contribution in [0.2, 0.25) is 0 Å². The summed E-state index contributed by atoms with van der Waals surface area (Å²) in [7, 11) is 0. The summed E-state index contributed by atoms with van der Waals surface area (Å²) in [6.07, 6.45) is 3.60. The number of nitrogens with one attached hydrogen (secondary N) is 1. The number of carbonyl (C=O) groups is 2. The minimum absolute atomic E-state index is 0.152. The van der Waals surface area contributed by atoms with Crippen LogP contribution in [0.25, 0.3) is 0 Å². The highest BCUT2D eigenvalue weighted by atomic mass is 16.5. The lowest BCUT2D eigenvalue weighted by Crippen LogP contribution is -2.62. The second kappa shape index (κ2) is 4.93. The van der Waals surface area contributed by atoms with E-state index in [1.807, 2.05) is 6.07 Å². The van der Waals surface area contributed by atoms with E-state index in [4.69, 9.17) is 9.63 Å². The number of hydrogen-bond donors (Lipinski definition) is 2. The number of carboxylic acid groups (broad SMARTS) is 1. The minimum atomic E-state index is -0.984. The van der Waals surface area contributed by atoms with Crippen LogP contribution in [0.1, 0.15) is 47.8 Å². The lowest BCUT2D eigenvalue weighted by molar-refractivity contribution is -0.129.